The first kappa shape index (κ1) is 16.3. The molecular formula is C17H34N2O. The highest BCUT2D eigenvalue weighted by atomic mass is 16.5. The Kier molecular flexibility index (Phi) is 7.32. The zero-order chi connectivity index (χ0) is 14.2. The summed E-state index contributed by atoms with van der Waals surface area (Å²) in [6.07, 6.45) is 11.1. The summed E-state index contributed by atoms with van der Waals surface area (Å²) < 4.78 is 6.11. The monoisotopic (exact) mass is 282 g/mol. The van der Waals surface area contributed by atoms with Gasteiger partial charge < -0.3 is 10.1 Å². The van der Waals surface area contributed by atoms with E-state index in [1.165, 1.54) is 57.9 Å². The van der Waals surface area contributed by atoms with Crippen molar-refractivity contribution < 1.29 is 4.74 Å². The number of hydrogen-bond donors (Lipinski definition) is 1. The minimum atomic E-state index is 0.554. The van der Waals surface area contributed by atoms with Crippen molar-refractivity contribution in [2.45, 2.75) is 83.4 Å². The number of rotatable bonds is 7. The van der Waals surface area contributed by atoms with Gasteiger partial charge in [-0.25, -0.2) is 0 Å². The lowest BCUT2D eigenvalue weighted by molar-refractivity contribution is 0.00309. The minimum absolute atomic E-state index is 0.554. The van der Waals surface area contributed by atoms with E-state index in [0.717, 1.165) is 19.7 Å². The molecule has 2 unspecified atom stereocenters. The van der Waals surface area contributed by atoms with Gasteiger partial charge in [-0.1, -0.05) is 39.5 Å². The van der Waals surface area contributed by atoms with Gasteiger partial charge in [0, 0.05) is 31.7 Å². The summed E-state index contributed by atoms with van der Waals surface area (Å²) in [5.41, 5.74) is 0. The third-order valence-electron chi connectivity index (χ3n) is 5.01. The van der Waals surface area contributed by atoms with E-state index in [0.29, 0.717) is 18.2 Å². The summed E-state index contributed by atoms with van der Waals surface area (Å²) in [4.78, 5) is 2.67. The molecule has 0 spiro atoms. The molecule has 1 saturated heterocycles. The van der Waals surface area contributed by atoms with Crippen LogP contribution in [0.2, 0.25) is 0 Å². The summed E-state index contributed by atoms with van der Waals surface area (Å²) in [5, 5.41) is 3.71. The average Bonchev–Trinajstić information content (AvgIpc) is 2.49. The molecular weight excluding hydrogens is 248 g/mol. The fraction of sp³-hybridized carbons (Fsp3) is 1.00. The Hall–Kier alpha value is -0.120. The van der Waals surface area contributed by atoms with E-state index in [9.17, 15) is 0 Å². The molecule has 2 rings (SSSR count). The van der Waals surface area contributed by atoms with Gasteiger partial charge in [-0.3, -0.25) is 4.90 Å². The van der Waals surface area contributed by atoms with Crippen LogP contribution in [-0.4, -0.2) is 49.3 Å². The fourth-order valence-corrected chi connectivity index (χ4v) is 3.72. The maximum absolute atomic E-state index is 6.11. The first-order valence-electron chi connectivity index (χ1n) is 8.92. The van der Waals surface area contributed by atoms with E-state index in [2.05, 4.69) is 24.1 Å². The Bertz CT molecular complexity index is 253. The molecule has 2 fully saturated rings. The van der Waals surface area contributed by atoms with Crippen molar-refractivity contribution in [3.63, 3.8) is 0 Å². The molecule has 20 heavy (non-hydrogen) atoms. The van der Waals surface area contributed by atoms with Crippen LogP contribution in [0.4, 0.5) is 0 Å². The summed E-state index contributed by atoms with van der Waals surface area (Å²) in [6.45, 7) is 9.01. The van der Waals surface area contributed by atoms with Gasteiger partial charge in [0.1, 0.15) is 0 Å². The highest BCUT2D eigenvalue weighted by Gasteiger charge is 2.26. The van der Waals surface area contributed by atoms with Crippen LogP contribution >= 0.6 is 0 Å². The van der Waals surface area contributed by atoms with Crippen LogP contribution in [0.25, 0.3) is 0 Å². The molecule has 0 bridgehead atoms. The average molecular weight is 282 g/mol. The van der Waals surface area contributed by atoms with Crippen LogP contribution in [0.3, 0.4) is 0 Å². The normalized spacial score (nSPS) is 29.7. The van der Waals surface area contributed by atoms with Gasteiger partial charge in [-0.05, 0) is 25.7 Å². The Labute approximate surface area is 125 Å². The van der Waals surface area contributed by atoms with Crippen LogP contribution in [0.1, 0.15) is 65.2 Å². The van der Waals surface area contributed by atoms with Gasteiger partial charge in [0.2, 0.25) is 0 Å². The molecule has 1 aliphatic heterocycles. The Morgan fingerprint density at radius 3 is 2.65 bits per heavy atom. The molecule has 0 aromatic heterocycles. The van der Waals surface area contributed by atoms with Gasteiger partial charge in [-0.2, -0.15) is 0 Å². The third-order valence-corrected chi connectivity index (χ3v) is 5.01. The van der Waals surface area contributed by atoms with E-state index in [4.69, 9.17) is 4.74 Å². The second-order valence-electron chi connectivity index (χ2n) is 6.58. The maximum Gasteiger partial charge on any atom is 0.0597 e. The highest BCUT2D eigenvalue weighted by molar-refractivity contribution is 4.85. The van der Waals surface area contributed by atoms with Crippen molar-refractivity contribution in [1.29, 1.82) is 0 Å². The number of nitrogens with one attached hydrogen (secondary N) is 1. The molecule has 0 amide bonds. The summed E-state index contributed by atoms with van der Waals surface area (Å²) in [6, 6.07) is 1.40. The Balaban J connectivity index is 1.70. The molecule has 1 saturated carbocycles. The molecule has 0 aromatic carbocycles. The topological polar surface area (TPSA) is 24.5 Å². The van der Waals surface area contributed by atoms with Gasteiger partial charge in [-0.15, -0.1) is 0 Å². The van der Waals surface area contributed by atoms with Crippen molar-refractivity contribution in [1.82, 2.24) is 10.2 Å². The van der Waals surface area contributed by atoms with Crippen molar-refractivity contribution >= 4 is 0 Å². The molecule has 1 aliphatic carbocycles. The Morgan fingerprint density at radius 1 is 1.15 bits per heavy atom. The van der Waals surface area contributed by atoms with E-state index in [1.54, 1.807) is 0 Å². The van der Waals surface area contributed by atoms with Crippen molar-refractivity contribution in [2.75, 3.05) is 26.2 Å². The second kappa shape index (κ2) is 9.01. The fourth-order valence-electron chi connectivity index (χ4n) is 3.72. The van der Waals surface area contributed by atoms with E-state index < -0.39 is 0 Å². The SMILES string of the molecule is CCCC1CN(CCOC2CCCCC2)C(CC)CN1. The molecule has 1 heterocycles. The van der Waals surface area contributed by atoms with E-state index in [-0.39, 0.29) is 0 Å². The van der Waals surface area contributed by atoms with Crippen molar-refractivity contribution in [3.05, 3.63) is 0 Å². The smallest absolute Gasteiger partial charge is 0.0597 e. The number of nitrogens with zero attached hydrogens (tertiary/aromatic N) is 1. The van der Waals surface area contributed by atoms with E-state index in [1.807, 2.05) is 0 Å². The number of ether oxygens (including phenoxy) is 1. The van der Waals surface area contributed by atoms with Crippen molar-refractivity contribution in [2.24, 2.45) is 0 Å². The predicted octanol–water partition coefficient (Wildman–Crippen LogP) is 3.19. The number of hydrogen-bond acceptors (Lipinski definition) is 3. The maximum atomic E-state index is 6.11. The zero-order valence-electron chi connectivity index (χ0n) is 13.6. The summed E-state index contributed by atoms with van der Waals surface area (Å²) in [5.74, 6) is 0. The standard InChI is InChI=1S/C17H34N2O/c1-3-8-15-14-19(16(4-2)13-18-15)11-12-20-17-9-6-5-7-10-17/h15-18H,3-14H2,1-2H3. The van der Waals surface area contributed by atoms with Crippen molar-refractivity contribution in [3.8, 4) is 0 Å². The quantitative estimate of drug-likeness (QED) is 0.776. The summed E-state index contributed by atoms with van der Waals surface area (Å²) >= 11 is 0. The van der Waals surface area contributed by atoms with Crippen LogP contribution in [0.5, 0.6) is 0 Å². The molecule has 3 heteroatoms. The van der Waals surface area contributed by atoms with Crippen LogP contribution in [-0.2, 0) is 4.74 Å². The Morgan fingerprint density at radius 2 is 1.95 bits per heavy atom. The highest BCUT2D eigenvalue weighted by Crippen LogP contribution is 2.20. The van der Waals surface area contributed by atoms with Gasteiger partial charge in [0.15, 0.2) is 0 Å². The largest absolute Gasteiger partial charge is 0.377 e. The first-order valence-corrected chi connectivity index (χ1v) is 8.92. The first-order chi connectivity index (χ1) is 9.83. The molecule has 2 atom stereocenters. The molecule has 2 aliphatic rings. The number of piperazine rings is 1. The summed E-state index contributed by atoms with van der Waals surface area (Å²) in [7, 11) is 0. The molecule has 3 nitrogen and oxygen atoms in total. The van der Waals surface area contributed by atoms with E-state index >= 15 is 0 Å². The van der Waals surface area contributed by atoms with Crippen LogP contribution in [0, 0.1) is 0 Å². The predicted molar refractivity (Wildman–Crippen MR) is 85.2 cm³/mol. The molecule has 118 valence electrons. The lowest BCUT2D eigenvalue weighted by Crippen LogP contribution is -2.56. The molecule has 0 radical (unpaired) electrons. The van der Waals surface area contributed by atoms with Gasteiger partial charge in [0.05, 0.1) is 12.7 Å². The molecule has 0 aromatic rings. The third kappa shape index (κ3) is 5.01. The van der Waals surface area contributed by atoms with Crippen LogP contribution < -0.4 is 5.32 Å². The van der Waals surface area contributed by atoms with Gasteiger partial charge >= 0.3 is 0 Å². The molecule has 1 N–H and O–H groups in total. The van der Waals surface area contributed by atoms with Crippen LogP contribution in [0.15, 0.2) is 0 Å². The lowest BCUT2D eigenvalue weighted by atomic mass is 9.98. The zero-order valence-corrected chi connectivity index (χ0v) is 13.6. The lowest BCUT2D eigenvalue weighted by Gasteiger charge is -2.40. The minimum Gasteiger partial charge on any atom is -0.377 e. The van der Waals surface area contributed by atoms with Gasteiger partial charge in [0.25, 0.3) is 0 Å². The second-order valence-corrected chi connectivity index (χ2v) is 6.58.